The molecule has 4 nitrogen and oxygen atoms in total. The van der Waals surface area contributed by atoms with Gasteiger partial charge in [-0.1, -0.05) is 20.8 Å². The first-order chi connectivity index (χ1) is 10.2. The highest BCUT2D eigenvalue weighted by molar-refractivity contribution is 7.11. The number of aryl methyl sites for hydroxylation is 3. The Balaban J connectivity index is 2.34. The van der Waals surface area contributed by atoms with E-state index < -0.39 is 0 Å². The Hall–Kier alpha value is -1.20. The highest BCUT2D eigenvalue weighted by Crippen LogP contribution is 2.28. The van der Waals surface area contributed by atoms with Gasteiger partial charge in [0.05, 0.1) is 23.9 Å². The third-order valence-electron chi connectivity index (χ3n) is 3.59. The number of imidazole rings is 1. The summed E-state index contributed by atoms with van der Waals surface area (Å²) in [4.78, 5) is 10.5. The number of aromatic nitrogens is 3. The second kappa shape index (κ2) is 7.71. The molecule has 0 spiro atoms. The van der Waals surface area contributed by atoms with Crippen LogP contribution >= 0.6 is 11.3 Å². The van der Waals surface area contributed by atoms with Gasteiger partial charge in [0.2, 0.25) is 0 Å². The summed E-state index contributed by atoms with van der Waals surface area (Å²) in [5.41, 5.74) is 2.45. The molecule has 2 aromatic rings. The zero-order valence-corrected chi connectivity index (χ0v) is 14.3. The molecule has 21 heavy (non-hydrogen) atoms. The van der Waals surface area contributed by atoms with Crippen LogP contribution in [0, 0.1) is 6.92 Å². The monoisotopic (exact) mass is 306 g/mol. The van der Waals surface area contributed by atoms with Gasteiger partial charge in [-0.15, -0.1) is 11.3 Å². The van der Waals surface area contributed by atoms with E-state index in [1.165, 1.54) is 16.3 Å². The molecule has 0 aliphatic rings. The van der Waals surface area contributed by atoms with Gasteiger partial charge in [0.1, 0.15) is 11.0 Å². The molecule has 0 amide bonds. The maximum atomic E-state index is 4.85. The summed E-state index contributed by atoms with van der Waals surface area (Å²) in [7, 11) is 0. The van der Waals surface area contributed by atoms with E-state index in [2.05, 4.69) is 42.6 Å². The predicted octanol–water partition coefficient (Wildman–Crippen LogP) is 3.71. The first-order valence-corrected chi connectivity index (χ1v) is 8.72. The van der Waals surface area contributed by atoms with Crippen LogP contribution in [0.25, 0.3) is 0 Å². The summed E-state index contributed by atoms with van der Waals surface area (Å²) >= 11 is 1.81. The molecule has 0 aliphatic heterocycles. The lowest BCUT2D eigenvalue weighted by Crippen LogP contribution is -2.25. The van der Waals surface area contributed by atoms with Gasteiger partial charge in [0.15, 0.2) is 0 Å². The first-order valence-electron chi connectivity index (χ1n) is 7.90. The van der Waals surface area contributed by atoms with Crippen LogP contribution in [0.5, 0.6) is 0 Å². The van der Waals surface area contributed by atoms with Crippen molar-refractivity contribution in [2.75, 3.05) is 6.54 Å². The van der Waals surface area contributed by atoms with Gasteiger partial charge >= 0.3 is 0 Å². The molecule has 1 unspecified atom stereocenters. The van der Waals surface area contributed by atoms with Crippen molar-refractivity contribution in [3.63, 3.8) is 0 Å². The van der Waals surface area contributed by atoms with Crippen LogP contribution in [0.3, 0.4) is 0 Å². The Labute approximate surface area is 131 Å². The molecular weight excluding hydrogens is 280 g/mol. The van der Waals surface area contributed by atoms with E-state index in [4.69, 9.17) is 4.98 Å². The maximum Gasteiger partial charge on any atom is 0.116 e. The van der Waals surface area contributed by atoms with Gasteiger partial charge in [0.25, 0.3) is 0 Å². The van der Waals surface area contributed by atoms with Crippen LogP contribution in [0.4, 0.5) is 0 Å². The standard InChI is InChI=1S/C16H26N4S/c1-5-8-18-15(14-10-17-11-20(14)9-6-2)16-19-13(7-3)12(4)21-16/h10-11,15,18H,5-9H2,1-4H3. The Morgan fingerprint density at radius 2 is 2.10 bits per heavy atom. The molecule has 1 atom stereocenters. The lowest BCUT2D eigenvalue weighted by atomic mass is 10.2. The summed E-state index contributed by atoms with van der Waals surface area (Å²) < 4.78 is 2.25. The molecule has 1 N–H and O–H groups in total. The van der Waals surface area contributed by atoms with Crippen LogP contribution in [-0.2, 0) is 13.0 Å². The molecule has 5 heteroatoms. The average Bonchev–Trinajstić information content (AvgIpc) is 3.07. The van der Waals surface area contributed by atoms with Crippen molar-refractivity contribution >= 4 is 11.3 Å². The topological polar surface area (TPSA) is 42.7 Å². The largest absolute Gasteiger partial charge is 0.333 e. The van der Waals surface area contributed by atoms with E-state index in [0.29, 0.717) is 0 Å². The number of nitrogens with zero attached hydrogens (tertiary/aromatic N) is 3. The van der Waals surface area contributed by atoms with Crippen LogP contribution in [0.1, 0.15) is 60.9 Å². The molecule has 0 radical (unpaired) electrons. The van der Waals surface area contributed by atoms with Crippen molar-refractivity contribution in [1.29, 1.82) is 0 Å². The minimum atomic E-state index is 0.156. The number of hydrogen-bond acceptors (Lipinski definition) is 4. The molecule has 0 saturated carbocycles. The predicted molar refractivity (Wildman–Crippen MR) is 88.9 cm³/mol. The van der Waals surface area contributed by atoms with E-state index in [1.54, 1.807) is 0 Å². The summed E-state index contributed by atoms with van der Waals surface area (Å²) in [6, 6.07) is 0.156. The Morgan fingerprint density at radius 3 is 2.71 bits per heavy atom. The van der Waals surface area contributed by atoms with E-state index in [9.17, 15) is 0 Å². The van der Waals surface area contributed by atoms with E-state index in [1.807, 2.05) is 23.9 Å². The van der Waals surface area contributed by atoms with Crippen molar-refractivity contribution in [2.45, 2.75) is 59.5 Å². The van der Waals surface area contributed by atoms with Crippen molar-refractivity contribution in [1.82, 2.24) is 19.9 Å². The maximum absolute atomic E-state index is 4.85. The van der Waals surface area contributed by atoms with Crippen LogP contribution in [-0.4, -0.2) is 21.1 Å². The van der Waals surface area contributed by atoms with E-state index in [-0.39, 0.29) is 6.04 Å². The third kappa shape index (κ3) is 3.71. The summed E-state index contributed by atoms with van der Waals surface area (Å²) in [6.45, 7) is 10.7. The fourth-order valence-electron chi connectivity index (χ4n) is 2.51. The van der Waals surface area contributed by atoms with Crippen LogP contribution in [0.2, 0.25) is 0 Å². The van der Waals surface area contributed by atoms with Gasteiger partial charge in [-0.3, -0.25) is 0 Å². The highest BCUT2D eigenvalue weighted by atomic mass is 32.1. The van der Waals surface area contributed by atoms with Crippen LogP contribution in [0.15, 0.2) is 12.5 Å². The number of hydrogen-bond donors (Lipinski definition) is 1. The minimum absolute atomic E-state index is 0.156. The lowest BCUT2D eigenvalue weighted by Gasteiger charge is -2.18. The van der Waals surface area contributed by atoms with Gasteiger partial charge in [0, 0.05) is 11.4 Å². The number of thiazole rings is 1. The quantitative estimate of drug-likeness (QED) is 0.808. The Bertz CT molecular complexity index is 558. The fraction of sp³-hybridized carbons (Fsp3) is 0.625. The van der Waals surface area contributed by atoms with Crippen LogP contribution < -0.4 is 5.32 Å². The van der Waals surface area contributed by atoms with Crippen molar-refractivity contribution in [3.8, 4) is 0 Å². The molecule has 0 aliphatic carbocycles. The molecule has 2 rings (SSSR count). The summed E-state index contributed by atoms with van der Waals surface area (Å²) in [6.07, 6.45) is 7.13. The first kappa shape index (κ1) is 16.2. The molecule has 0 bridgehead atoms. The molecule has 0 aromatic carbocycles. The number of nitrogens with one attached hydrogen (secondary N) is 1. The van der Waals surface area contributed by atoms with Crippen molar-refractivity contribution in [3.05, 3.63) is 33.8 Å². The van der Waals surface area contributed by atoms with E-state index in [0.717, 1.165) is 37.4 Å². The molecule has 116 valence electrons. The van der Waals surface area contributed by atoms with Crippen molar-refractivity contribution in [2.24, 2.45) is 0 Å². The summed E-state index contributed by atoms with van der Waals surface area (Å²) in [5, 5.41) is 4.80. The van der Waals surface area contributed by atoms with Crippen molar-refractivity contribution < 1.29 is 0 Å². The van der Waals surface area contributed by atoms with E-state index >= 15 is 0 Å². The average molecular weight is 306 g/mol. The minimum Gasteiger partial charge on any atom is -0.333 e. The Morgan fingerprint density at radius 1 is 1.29 bits per heavy atom. The Kier molecular flexibility index (Phi) is 5.94. The SMILES string of the molecule is CCCNC(c1nc(CC)c(C)s1)c1cncn1CCC. The normalized spacial score (nSPS) is 12.8. The van der Waals surface area contributed by atoms with Gasteiger partial charge in [-0.25, -0.2) is 9.97 Å². The highest BCUT2D eigenvalue weighted by Gasteiger charge is 2.21. The second-order valence-corrected chi connectivity index (χ2v) is 6.54. The lowest BCUT2D eigenvalue weighted by molar-refractivity contribution is 0.541. The number of rotatable bonds is 8. The fourth-order valence-corrected chi connectivity index (χ4v) is 3.61. The zero-order chi connectivity index (χ0) is 15.2. The molecule has 0 fully saturated rings. The molecular formula is C16H26N4S. The molecule has 0 saturated heterocycles. The zero-order valence-electron chi connectivity index (χ0n) is 13.5. The van der Waals surface area contributed by atoms with Gasteiger partial charge < -0.3 is 9.88 Å². The summed E-state index contributed by atoms with van der Waals surface area (Å²) in [5.74, 6) is 0. The molecule has 2 aromatic heterocycles. The second-order valence-electron chi connectivity index (χ2n) is 5.31. The molecule has 2 heterocycles. The van der Waals surface area contributed by atoms with Gasteiger partial charge in [-0.05, 0) is 32.7 Å². The van der Waals surface area contributed by atoms with Gasteiger partial charge in [-0.2, -0.15) is 0 Å². The third-order valence-corrected chi connectivity index (χ3v) is 4.67. The smallest absolute Gasteiger partial charge is 0.116 e.